The highest BCUT2D eigenvalue weighted by molar-refractivity contribution is 7.90. The van der Waals surface area contributed by atoms with Crippen molar-refractivity contribution in [3.63, 3.8) is 0 Å². The number of rotatable bonds is 5. The number of hydrogen-bond acceptors (Lipinski definition) is 4. The van der Waals surface area contributed by atoms with Gasteiger partial charge in [0.25, 0.3) is 0 Å². The molecule has 102 valence electrons. The molecule has 1 heterocycles. The molecule has 18 heavy (non-hydrogen) atoms. The molecule has 0 radical (unpaired) electrons. The summed E-state index contributed by atoms with van der Waals surface area (Å²) < 4.78 is 23.0. The Balaban J connectivity index is 3.38. The molecule has 0 fully saturated rings. The minimum absolute atomic E-state index is 0.0650. The average Bonchev–Trinajstić information content (AvgIpc) is 2.35. The maximum atomic E-state index is 11.5. The van der Waals surface area contributed by atoms with Crippen LogP contribution in [-0.2, 0) is 9.84 Å². The summed E-state index contributed by atoms with van der Waals surface area (Å²) in [5, 5.41) is -0.0650. The monoisotopic (exact) mass is 270 g/mol. The maximum Gasteiger partial charge on any atom is 0.247 e. The summed E-state index contributed by atoms with van der Waals surface area (Å²) in [7, 11) is -3.34. The van der Waals surface area contributed by atoms with Crippen molar-refractivity contribution >= 4 is 9.84 Å². The van der Waals surface area contributed by atoms with Gasteiger partial charge in [0.2, 0.25) is 15.0 Å². The molecule has 1 rings (SSSR count). The number of aromatic nitrogens is 2. The molecule has 0 aliphatic heterocycles. The lowest BCUT2D eigenvalue weighted by Gasteiger charge is -2.18. The molecule has 0 aliphatic rings. The van der Waals surface area contributed by atoms with Crippen molar-refractivity contribution in [2.24, 2.45) is 0 Å². The van der Waals surface area contributed by atoms with Crippen LogP contribution in [0.5, 0.6) is 0 Å². The van der Waals surface area contributed by atoms with Crippen molar-refractivity contribution in [1.29, 1.82) is 0 Å². The summed E-state index contributed by atoms with van der Waals surface area (Å²) in [4.78, 5) is 8.28. The lowest BCUT2D eigenvalue weighted by molar-refractivity contribution is 0.583. The fourth-order valence-electron chi connectivity index (χ4n) is 1.75. The van der Waals surface area contributed by atoms with Gasteiger partial charge in [0.1, 0.15) is 0 Å². The highest BCUT2D eigenvalue weighted by Gasteiger charge is 2.20. The van der Waals surface area contributed by atoms with Gasteiger partial charge in [-0.05, 0) is 30.2 Å². The SMILES string of the molecule is CCC(C)c1cnc(S(C)(=O)=O)nc1[C@@H](C)CC. The van der Waals surface area contributed by atoms with Crippen molar-refractivity contribution in [2.45, 2.75) is 57.5 Å². The van der Waals surface area contributed by atoms with Gasteiger partial charge in [0.15, 0.2) is 0 Å². The second kappa shape index (κ2) is 5.78. The van der Waals surface area contributed by atoms with E-state index >= 15 is 0 Å². The van der Waals surface area contributed by atoms with Crippen LogP contribution in [0.2, 0.25) is 0 Å². The van der Waals surface area contributed by atoms with E-state index in [0.29, 0.717) is 5.92 Å². The normalized spacial score (nSPS) is 15.4. The average molecular weight is 270 g/mol. The molecule has 0 amide bonds. The first-order chi connectivity index (χ1) is 8.31. The highest BCUT2D eigenvalue weighted by Crippen LogP contribution is 2.28. The van der Waals surface area contributed by atoms with Crippen LogP contribution in [0.4, 0.5) is 0 Å². The van der Waals surface area contributed by atoms with Gasteiger partial charge in [-0.3, -0.25) is 0 Å². The minimum atomic E-state index is -3.34. The summed E-state index contributed by atoms with van der Waals surface area (Å²) in [6.07, 6.45) is 4.75. The van der Waals surface area contributed by atoms with Crippen LogP contribution in [0.3, 0.4) is 0 Å². The zero-order chi connectivity index (χ0) is 13.9. The number of hydrogen-bond donors (Lipinski definition) is 0. The van der Waals surface area contributed by atoms with Crippen molar-refractivity contribution in [3.05, 3.63) is 17.5 Å². The minimum Gasteiger partial charge on any atom is -0.227 e. The Kier molecular flexibility index (Phi) is 4.85. The largest absolute Gasteiger partial charge is 0.247 e. The summed E-state index contributed by atoms with van der Waals surface area (Å²) >= 11 is 0. The van der Waals surface area contributed by atoms with Crippen molar-refractivity contribution in [1.82, 2.24) is 9.97 Å². The van der Waals surface area contributed by atoms with Crippen LogP contribution < -0.4 is 0 Å². The fourth-order valence-corrected chi connectivity index (χ4v) is 2.26. The Morgan fingerprint density at radius 3 is 2.17 bits per heavy atom. The second-order valence-electron chi connectivity index (χ2n) is 4.88. The topological polar surface area (TPSA) is 59.9 Å². The molecule has 0 bridgehead atoms. The molecule has 0 saturated carbocycles. The first-order valence-corrected chi connectivity index (χ1v) is 8.27. The van der Waals surface area contributed by atoms with Crippen LogP contribution >= 0.6 is 0 Å². The van der Waals surface area contributed by atoms with E-state index < -0.39 is 9.84 Å². The predicted molar refractivity (Wildman–Crippen MR) is 72.6 cm³/mol. The Morgan fingerprint density at radius 1 is 1.17 bits per heavy atom. The van der Waals surface area contributed by atoms with Crippen LogP contribution in [0.15, 0.2) is 11.4 Å². The van der Waals surface area contributed by atoms with Gasteiger partial charge < -0.3 is 0 Å². The van der Waals surface area contributed by atoms with Crippen LogP contribution in [-0.4, -0.2) is 24.6 Å². The van der Waals surface area contributed by atoms with E-state index in [2.05, 4.69) is 37.7 Å². The van der Waals surface area contributed by atoms with E-state index in [-0.39, 0.29) is 11.1 Å². The Morgan fingerprint density at radius 2 is 1.72 bits per heavy atom. The van der Waals surface area contributed by atoms with Crippen molar-refractivity contribution < 1.29 is 8.42 Å². The molecule has 1 aromatic heterocycles. The summed E-state index contributed by atoms with van der Waals surface area (Å²) in [6.45, 7) is 8.37. The van der Waals surface area contributed by atoms with Gasteiger partial charge in [-0.25, -0.2) is 18.4 Å². The van der Waals surface area contributed by atoms with Gasteiger partial charge >= 0.3 is 0 Å². The van der Waals surface area contributed by atoms with E-state index in [9.17, 15) is 8.42 Å². The predicted octanol–water partition coefficient (Wildman–Crippen LogP) is 2.91. The standard InChI is InChI=1S/C13H22N2O2S/c1-6-9(3)11-8-14-13(18(5,16)17)15-12(11)10(4)7-2/h8-10H,6-7H2,1-5H3/t9?,10-/m0/s1. The smallest absolute Gasteiger partial charge is 0.227 e. The first-order valence-electron chi connectivity index (χ1n) is 6.38. The lowest BCUT2D eigenvalue weighted by Crippen LogP contribution is -2.12. The van der Waals surface area contributed by atoms with Gasteiger partial charge in [-0.15, -0.1) is 0 Å². The molecular formula is C13H22N2O2S. The molecule has 5 heteroatoms. The Labute approximate surface area is 110 Å². The van der Waals surface area contributed by atoms with Gasteiger partial charge in [0, 0.05) is 12.5 Å². The zero-order valence-corrected chi connectivity index (χ0v) is 12.6. The molecule has 0 spiro atoms. The van der Waals surface area contributed by atoms with E-state index in [1.165, 1.54) is 0 Å². The Bertz CT molecular complexity index is 512. The molecule has 0 N–H and O–H groups in total. The van der Waals surface area contributed by atoms with E-state index in [0.717, 1.165) is 30.4 Å². The Hall–Kier alpha value is -0.970. The quantitative estimate of drug-likeness (QED) is 0.772. The van der Waals surface area contributed by atoms with Crippen LogP contribution in [0, 0.1) is 0 Å². The zero-order valence-electron chi connectivity index (χ0n) is 11.8. The molecule has 4 nitrogen and oxygen atoms in total. The molecular weight excluding hydrogens is 248 g/mol. The highest BCUT2D eigenvalue weighted by atomic mass is 32.2. The van der Waals surface area contributed by atoms with Gasteiger partial charge in [-0.2, -0.15) is 0 Å². The molecule has 2 atom stereocenters. The van der Waals surface area contributed by atoms with Crippen LogP contribution in [0.1, 0.15) is 63.6 Å². The van der Waals surface area contributed by atoms with E-state index in [1.807, 2.05) is 0 Å². The number of sulfone groups is 1. The number of nitrogens with zero attached hydrogens (tertiary/aromatic N) is 2. The summed E-state index contributed by atoms with van der Waals surface area (Å²) in [5.41, 5.74) is 1.95. The van der Waals surface area contributed by atoms with Crippen molar-refractivity contribution in [3.8, 4) is 0 Å². The third-order valence-electron chi connectivity index (χ3n) is 3.38. The van der Waals surface area contributed by atoms with E-state index in [4.69, 9.17) is 0 Å². The van der Waals surface area contributed by atoms with Gasteiger partial charge in [0.05, 0.1) is 5.69 Å². The lowest BCUT2D eigenvalue weighted by atomic mass is 9.92. The van der Waals surface area contributed by atoms with Crippen LogP contribution in [0.25, 0.3) is 0 Å². The third-order valence-corrected chi connectivity index (χ3v) is 4.24. The second-order valence-corrected chi connectivity index (χ2v) is 6.79. The maximum absolute atomic E-state index is 11.5. The van der Waals surface area contributed by atoms with E-state index in [1.54, 1.807) is 6.20 Å². The molecule has 0 aliphatic carbocycles. The molecule has 0 saturated heterocycles. The fraction of sp³-hybridized carbons (Fsp3) is 0.692. The molecule has 1 unspecified atom stereocenters. The summed E-state index contributed by atoms with van der Waals surface area (Å²) in [6, 6.07) is 0. The van der Waals surface area contributed by atoms with Crippen molar-refractivity contribution in [2.75, 3.05) is 6.26 Å². The first kappa shape index (κ1) is 15.1. The third kappa shape index (κ3) is 3.28. The summed E-state index contributed by atoms with van der Waals surface area (Å²) in [5.74, 6) is 0.597. The van der Waals surface area contributed by atoms with Gasteiger partial charge in [-0.1, -0.05) is 27.7 Å². The molecule has 1 aromatic rings. The molecule has 0 aromatic carbocycles.